The van der Waals surface area contributed by atoms with Crippen molar-refractivity contribution in [1.82, 2.24) is 15.6 Å². The molecule has 4 bridgehead atoms. The van der Waals surface area contributed by atoms with Gasteiger partial charge < -0.3 is 31.1 Å². The van der Waals surface area contributed by atoms with Crippen molar-refractivity contribution in [3.63, 3.8) is 0 Å². The van der Waals surface area contributed by atoms with Gasteiger partial charge in [-0.15, -0.1) is 0 Å². The van der Waals surface area contributed by atoms with Gasteiger partial charge in [-0.3, -0.25) is 4.79 Å². The van der Waals surface area contributed by atoms with Gasteiger partial charge in [-0.2, -0.15) is 0 Å². The fraction of sp³-hybridized carbons (Fsp3) is 0.484. The number of rotatable bonds is 9. The second-order valence-corrected chi connectivity index (χ2v) is 12.2. The minimum atomic E-state index is -0.801. The van der Waals surface area contributed by atoms with Crippen LogP contribution in [0.3, 0.4) is 0 Å². The van der Waals surface area contributed by atoms with Crippen molar-refractivity contribution >= 4 is 22.6 Å². The molecule has 8 nitrogen and oxygen atoms in total. The number of H-pyrrole nitrogens is 1. The molecular formula is C31H38N4O4. The molecular weight excluding hydrogens is 492 g/mol. The summed E-state index contributed by atoms with van der Waals surface area (Å²) in [4.78, 5) is 27.0. The molecule has 39 heavy (non-hydrogen) atoms. The molecule has 206 valence electrons. The number of nitrogens with one attached hydrogen (secondary N) is 4. The molecule has 2 amide bonds. The molecule has 4 fully saturated rings. The first-order chi connectivity index (χ1) is 18.9. The van der Waals surface area contributed by atoms with Gasteiger partial charge in [0.1, 0.15) is 5.75 Å². The van der Waals surface area contributed by atoms with Crippen molar-refractivity contribution < 1.29 is 15.0 Å². The summed E-state index contributed by atoms with van der Waals surface area (Å²) in [5.74, 6) is 2.59. The normalized spacial score (nSPS) is 26.0. The third-order valence-electron chi connectivity index (χ3n) is 9.17. The number of pyridine rings is 1. The van der Waals surface area contributed by atoms with Crippen LogP contribution in [0.4, 0.5) is 10.5 Å². The highest BCUT2D eigenvalue weighted by Crippen LogP contribution is 2.59. The summed E-state index contributed by atoms with van der Waals surface area (Å²) < 4.78 is 0. The van der Waals surface area contributed by atoms with E-state index < -0.39 is 6.10 Å². The number of phenols is 1. The number of amides is 2. The van der Waals surface area contributed by atoms with Crippen molar-refractivity contribution in [3.05, 3.63) is 70.0 Å². The first-order valence-electron chi connectivity index (χ1n) is 14.2. The molecule has 0 spiro atoms. The molecule has 0 radical (unpaired) electrons. The van der Waals surface area contributed by atoms with Gasteiger partial charge in [0.15, 0.2) is 0 Å². The molecule has 6 N–H and O–H groups in total. The maximum absolute atomic E-state index is 12.7. The number of hydrogen-bond donors (Lipinski definition) is 6. The minimum absolute atomic E-state index is 0.0264. The van der Waals surface area contributed by atoms with Crippen LogP contribution in [0.2, 0.25) is 0 Å². The number of phenolic OH excluding ortho intramolecular Hbond substituents is 1. The van der Waals surface area contributed by atoms with Crippen LogP contribution in [0.15, 0.2) is 53.3 Å². The average molecular weight is 531 g/mol. The van der Waals surface area contributed by atoms with Gasteiger partial charge >= 0.3 is 6.03 Å². The summed E-state index contributed by atoms with van der Waals surface area (Å²) in [6.45, 7) is 1.75. The highest BCUT2D eigenvalue weighted by atomic mass is 16.3. The van der Waals surface area contributed by atoms with E-state index in [4.69, 9.17) is 0 Å². The van der Waals surface area contributed by atoms with Crippen LogP contribution in [0, 0.1) is 23.2 Å². The molecule has 1 atom stereocenters. The summed E-state index contributed by atoms with van der Waals surface area (Å²) in [5, 5.41) is 30.9. The number of hydrogen-bond acceptors (Lipinski definition) is 5. The lowest BCUT2D eigenvalue weighted by Crippen LogP contribution is -2.51. The number of urea groups is 1. The van der Waals surface area contributed by atoms with Crippen LogP contribution >= 0.6 is 0 Å². The van der Waals surface area contributed by atoms with E-state index in [0.29, 0.717) is 35.0 Å². The van der Waals surface area contributed by atoms with Crippen molar-refractivity contribution in [2.24, 2.45) is 23.2 Å². The number of aromatic amines is 1. The van der Waals surface area contributed by atoms with Crippen LogP contribution < -0.4 is 21.5 Å². The topological polar surface area (TPSA) is 126 Å². The van der Waals surface area contributed by atoms with E-state index in [2.05, 4.69) is 20.9 Å². The Morgan fingerprint density at radius 1 is 1.03 bits per heavy atom. The number of carbonyl (C=O) groups excluding carboxylic acids is 1. The molecule has 4 aliphatic rings. The molecule has 8 heteroatoms. The third kappa shape index (κ3) is 5.68. The molecule has 7 rings (SSSR count). The second-order valence-electron chi connectivity index (χ2n) is 12.2. The summed E-state index contributed by atoms with van der Waals surface area (Å²) in [5.41, 5.74) is 2.83. The van der Waals surface area contributed by atoms with Crippen LogP contribution in [-0.4, -0.2) is 40.9 Å². The predicted molar refractivity (Wildman–Crippen MR) is 152 cm³/mol. The van der Waals surface area contributed by atoms with E-state index in [1.54, 1.807) is 12.1 Å². The molecule has 2 aromatic carbocycles. The molecule has 4 aliphatic carbocycles. The number of aliphatic hydroxyl groups excluding tert-OH is 1. The highest BCUT2D eigenvalue weighted by Gasteiger charge is 2.50. The van der Waals surface area contributed by atoms with E-state index in [1.165, 1.54) is 50.7 Å². The van der Waals surface area contributed by atoms with Crippen molar-refractivity contribution in [3.8, 4) is 5.75 Å². The monoisotopic (exact) mass is 530 g/mol. The molecule has 3 aromatic rings. The van der Waals surface area contributed by atoms with Gasteiger partial charge in [0, 0.05) is 30.2 Å². The van der Waals surface area contributed by atoms with Crippen LogP contribution in [-0.2, 0) is 6.42 Å². The zero-order valence-corrected chi connectivity index (χ0v) is 22.2. The first kappa shape index (κ1) is 25.9. The Balaban J connectivity index is 0.977. The van der Waals surface area contributed by atoms with Crippen LogP contribution in [0.5, 0.6) is 5.75 Å². The number of anilines is 1. The van der Waals surface area contributed by atoms with Crippen molar-refractivity contribution in [2.75, 3.05) is 25.0 Å². The SMILES string of the molecule is O=C(NCC12CC3CC(CC(C3)C1)C2)Nc1cccc(CCNCC(O)c2ccc(O)c3[nH]c(=O)ccc23)c1. The quantitative estimate of drug-likeness (QED) is 0.228. The molecule has 1 heterocycles. The largest absolute Gasteiger partial charge is 0.506 e. The van der Waals surface area contributed by atoms with Crippen LogP contribution in [0.1, 0.15) is 55.8 Å². The van der Waals surface area contributed by atoms with Crippen LogP contribution in [0.25, 0.3) is 10.9 Å². The van der Waals surface area contributed by atoms with Gasteiger partial charge in [-0.25, -0.2) is 4.79 Å². The standard InChI is InChI=1S/C31H38N4O4/c36-26-6-4-24(25-5-7-28(38)35-29(25)26)27(37)17-32-9-8-19-2-1-3-23(13-19)34-30(39)33-18-31-14-20-10-21(15-31)12-22(11-20)16-31/h1-7,13,20-22,27,32,36-37H,8-12,14-18H2,(H,35,38)(H2,33,34,39). The Bertz CT molecular complexity index is 1380. The second kappa shape index (κ2) is 10.7. The summed E-state index contributed by atoms with van der Waals surface area (Å²) in [7, 11) is 0. The number of aromatic nitrogens is 1. The van der Waals surface area contributed by atoms with E-state index >= 15 is 0 Å². The number of fused-ring (bicyclic) bond motifs is 1. The van der Waals surface area contributed by atoms with Gasteiger partial charge in [0.25, 0.3) is 0 Å². The number of aliphatic hydroxyl groups is 1. The Morgan fingerprint density at radius 2 is 1.77 bits per heavy atom. The van der Waals surface area contributed by atoms with Gasteiger partial charge in [-0.05, 0) is 110 Å². The Morgan fingerprint density at radius 3 is 2.51 bits per heavy atom. The lowest BCUT2D eigenvalue weighted by molar-refractivity contribution is -0.0496. The maximum atomic E-state index is 12.7. The molecule has 1 unspecified atom stereocenters. The van der Waals surface area contributed by atoms with Gasteiger partial charge in [0.05, 0.1) is 11.6 Å². The number of benzene rings is 2. The molecule has 1 aromatic heterocycles. The molecule has 4 saturated carbocycles. The summed E-state index contributed by atoms with van der Waals surface area (Å²) in [6, 6.07) is 13.9. The fourth-order valence-electron chi connectivity index (χ4n) is 7.89. The van der Waals surface area contributed by atoms with Crippen molar-refractivity contribution in [1.29, 1.82) is 0 Å². The number of carbonyl (C=O) groups is 1. The third-order valence-corrected chi connectivity index (χ3v) is 9.17. The Kier molecular flexibility index (Phi) is 7.08. The zero-order chi connectivity index (χ0) is 27.0. The van der Waals surface area contributed by atoms with Gasteiger partial charge in [0.2, 0.25) is 5.56 Å². The predicted octanol–water partition coefficient (Wildman–Crippen LogP) is 4.44. The van der Waals surface area contributed by atoms with Gasteiger partial charge in [-0.1, -0.05) is 18.2 Å². The Labute approximate surface area is 228 Å². The molecule has 0 aliphatic heterocycles. The highest BCUT2D eigenvalue weighted by molar-refractivity contribution is 5.89. The first-order valence-corrected chi connectivity index (χ1v) is 14.2. The van der Waals surface area contributed by atoms with E-state index in [0.717, 1.165) is 42.0 Å². The van der Waals surface area contributed by atoms with E-state index in [-0.39, 0.29) is 17.3 Å². The van der Waals surface area contributed by atoms with E-state index in [9.17, 15) is 19.8 Å². The maximum Gasteiger partial charge on any atom is 0.319 e. The zero-order valence-electron chi connectivity index (χ0n) is 22.2. The number of aromatic hydroxyl groups is 1. The average Bonchev–Trinajstić information content (AvgIpc) is 2.90. The Hall–Kier alpha value is -3.36. The summed E-state index contributed by atoms with van der Waals surface area (Å²) in [6.07, 6.45) is 7.98. The van der Waals surface area contributed by atoms with Crippen molar-refractivity contribution in [2.45, 2.75) is 51.0 Å². The minimum Gasteiger partial charge on any atom is -0.506 e. The lowest BCUT2D eigenvalue weighted by atomic mass is 9.49. The van der Waals surface area contributed by atoms with E-state index in [1.807, 2.05) is 24.3 Å². The smallest absolute Gasteiger partial charge is 0.319 e. The molecule has 0 saturated heterocycles. The lowest BCUT2D eigenvalue weighted by Gasteiger charge is -2.56. The summed E-state index contributed by atoms with van der Waals surface area (Å²) >= 11 is 0. The fourth-order valence-corrected chi connectivity index (χ4v) is 7.89.